The summed E-state index contributed by atoms with van der Waals surface area (Å²) in [7, 11) is 0. The molecule has 1 heterocycles. The Hall–Kier alpha value is -2.36. The first-order valence-electron chi connectivity index (χ1n) is 5.62. The molecule has 0 spiro atoms. The highest BCUT2D eigenvalue weighted by Crippen LogP contribution is 2.13. The Morgan fingerprint density at radius 2 is 2.00 bits per heavy atom. The Balaban J connectivity index is 2.00. The van der Waals surface area contributed by atoms with Crippen molar-refractivity contribution in [3.63, 3.8) is 0 Å². The van der Waals surface area contributed by atoms with Crippen LogP contribution in [-0.2, 0) is 11.4 Å². The average molecular weight is 242 g/mol. The predicted octanol–water partition coefficient (Wildman–Crippen LogP) is 2.73. The minimum atomic E-state index is 0.0991. The van der Waals surface area contributed by atoms with Crippen molar-refractivity contribution in [2.75, 3.05) is 0 Å². The van der Waals surface area contributed by atoms with Gasteiger partial charge in [-0.05, 0) is 24.6 Å². The second-order valence-corrected chi connectivity index (χ2v) is 3.81. The van der Waals surface area contributed by atoms with Crippen LogP contribution in [-0.4, -0.2) is 15.8 Å². The van der Waals surface area contributed by atoms with Crippen molar-refractivity contribution in [2.24, 2.45) is 5.16 Å². The zero-order chi connectivity index (χ0) is 12.8. The molecule has 92 valence electrons. The highest BCUT2D eigenvalue weighted by atomic mass is 16.6. The molecule has 2 aromatic rings. The van der Waals surface area contributed by atoms with Gasteiger partial charge in [-0.15, -0.1) is 0 Å². The molecule has 0 aliphatic heterocycles. The van der Waals surface area contributed by atoms with Crippen LogP contribution in [0.25, 0.3) is 0 Å². The third-order valence-corrected chi connectivity index (χ3v) is 2.40. The largest absolute Gasteiger partial charge is 0.506 e. The molecule has 0 atom stereocenters. The number of hydrogen-bond acceptors (Lipinski definition) is 4. The lowest BCUT2D eigenvalue weighted by Gasteiger charge is -2.03. The Morgan fingerprint density at radius 3 is 2.72 bits per heavy atom. The monoisotopic (exact) mass is 242 g/mol. The highest BCUT2D eigenvalue weighted by molar-refractivity contribution is 5.98. The van der Waals surface area contributed by atoms with Gasteiger partial charge in [0.05, 0.1) is 0 Å². The molecule has 0 bridgehead atoms. The van der Waals surface area contributed by atoms with E-state index in [2.05, 4.69) is 10.1 Å². The zero-order valence-electron chi connectivity index (χ0n) is 10.1. The lowest BCUT2D eigenvalue weighted by molar-refractivity contribution is 0.130. The van der Waals surface area contributed by atoms with E-state index in [1.54, 1.807) is 25.3 Å². The highest BCUT2D eigenvalue weighted by Gasteiger charge is 2.05. The Morgan fingerprint density at radius 1 is 1.22 bits per heavy atom. The average Bonchev–Trinajstić information content (AvgIpc) is 2.40. The molecule has 0 aliphatic rings. The van der Waals surface area contributed by atoms with Crippen LogP contribution in [0, 0.1) is 0 Å². The standard InChI is InChI=1S/C14H14N2O2/c1-11(14-13(17)8-5-9-15-14)16-18-10-12-6-3-2-4-7-12/h2-9,17H,10H2,1H3. The van der Waals surface area contributed by atoms with Gasteiger partial charge < -0.3 is 9.94 Å². The van der Waals surface area contributed by atoms with Gasteiger partial charge in [-0.25, -0.2) is 0 Å². The van der Waals surface area contributed by atoms with Crippen molar-refractivity contribution in [3.8, 4) is 5.75 Å². The maximum absolute atomic E-state index is 9.60. The van der Waals surface area contributed by atoms with E-state index in [0.29, 0.717) is 18.0 Å². The van der Waals surface area contributed by atoms with Crippen molar-refractivity contribution in [1.29, 1.82) is 0 Å². The molecule has 1 N–H and O–H groups in total. The van der Waals surface area contributed by atoms with Crippen molar-refractivity contribution >= 4 is 5.71 Å². The Bertz CT molecular complexity index is 539. The van der Waals surface area contributed by atoms with Gasteiger partial charge in [-0.3, -0.25) is 4.98 Å². The van der Waals surface area contributed by atoms with Gasteiger partial charge in [0.25, 0.3) is 0 Å². The molecule has 0 fully saturated rings. The molecule has 4 heteroatoms. The van der Waals surface area contributed by atoms with Crippen LogP contribution in [0.1, 0.15) is 18.2 Å². The number of aromatic nitrogens is 1. The van der Waals surface area contributed by atoms with E-state index in [9.17, 15) is 5.11 Å². The molecule has 0 saturated carbocycles. The van der Waals surface area contributed by atoms with E-state index in [4.69, 9.17) is 4.84 Å². The molecule has 1 aromatic carbocycles. The topological polar surface area (TPSA) is 54.7 Å². The summed E-state index contributed by atoms with van der Waals surface area (Å²) in [4.78, 5) is 9.27. The molecule has 2 rings (SSSR count). The fourth-order valence-electron chi connectivity index (χ4n) is 1.50. The molecular formula is C14H14N2O2. The molecule has 0 radical (unpaired) electrons. The van der Waals surface area contributed by atoms with Gasteiger partial charge in [0.15, 0.2) is 0 Å². The minimum Gasteiger partial charge on any atom is -0.506 e. The third-order valence-electron chi connectivity index (χ3n) is 2.40. The maximum Gasteiger partial charge on any atom is 0.143 e. The number of oxime groups is 1. The van der Waals surface area contributed by atoms with Crippen molar-refractivity contribution < 1.29 is 9.94 Å². The molecule has 0 unspecified atom stereocenters. The maximum atomic E-state index is 9.60. The van der Waals surface area contributed by atoms with Crippen LogP contribution in [0.5, 0.6) is 5.75 Å². The summed E-state index contributed by atoms with van der Waals surface area (Å²) in [6.07, 6.45) is 1.60. The number of pyridine rings is 1. The molecule has 18 heavy (non-hydrogen) atoms. The number of benzene rings is 1. The number of nitrogens with zero attached hydrogens (tertiary/aromatic N) is 2. The van der Waals surface area contributed by atoms with Crippen LogP contribution in [0.15, 0.2) is 53.8 Å². The second kappa shape index (κ2) is 5.82. The van der Waals surface area contributed by atoms with Crippen LogP contribution >= 0.6 is 0 Å². The Labute approximate surface area is 106 Å². The second-order valence-electron chi connectivity index (χ2n) is 3.81. The van der Waals surface area contributed by atoms with E-state index in [1.807, 2.05) is 30.3 Å². The summed E-state index contributed by atoms with van der Waals surface area (Å²) in [6.45, 7) is 2.14. The molecule has 0 saturated heterocycles. The lowest BCUT2D eigenvalue weighted by Crippen LogP contribution is -2.00. The van der Waals surface area contributed by atoms with E-state index in [1.165, 1.54) is 0 Å². The van der Waals surface area contributed by atoms with Gasteiger partial charge in [-0.2, -0.15) is 0 Å². The SMILES string of the molecule is CC(=NOCc1ccccc1)c1ncccc1O. The normalized spacial score (nSPS) is 11.3. The fourth-order valence-corrected chi connectivity index (χ4v) is 1.50. The first kappa shape index (κ1) is 12.1. The van der Waals surface area contributed by atoms with Gasteiger partial charge >= 0.3 is 0 Å². The van der Waals surface area contributed by atoms with E-state index >= 15 is 0 Å². The summed E-state index contributed by atoms with van der Waals surface area (Å²) < 4.78 is 0. The van der Waals surface area contributed by atoms with Crippen LogP contribution < -0.4 is 0 Å². The van der Waals surface area contributed by atoms with Crippen LogP contribution in [0.4, 0.5) is 0 Å². The number of aromatic hydroxyl groups is 1. The van der Waals surface area contributed by atoms with E-state index < -0.39 is 0 Å². The molecule has 0 aliphatic carbocycles. The van der Waals surface area contributed by atoms with Gasteiger partial charge in [0.1, 0.15) is 23.8 Å². The minimum absolute atomic E-state index is 0.0991. The summed E-state index contributed by atoms with van der Waals surface area (Å²) >= 11 is 0. The summed E-state index contributed by atoms with van der Waals surface area (Å²) in [5.41, 5.74) is 2.02. The fraction of sp³-hybridized carbons (Fsp3) is 0.143. The van der Waals surface area contributed by atoms with Gasteiger partial charge in [0, 0.05) is 6.20 Å². The predicted molar refractivity (Wildman–Crippen MR) is 69.3 cm³/mol. The first-order chi connectivity index (χ1) is 8.77. The van der Waals surface area contributed by atoms with Crippen molar-refractivity contribution in [1.82, 2.24) is 4.98 Å². The molecular weight excluding hydrogens is 228 g/mol. The van der Waals surface area contributed by atoms with Crippen LogP contribution in [0.3, 0.4) is 0 Å². The third kappa shape index (κ3) is 3.07. The van der Waals surface area contributed by atoms with Crippen molar-refractivity contribution in [3.05, 3.63) is 59.9 Å². The van der Waals surface area contributed by atoms with Crippen LogP contribution in [0.2, 0.25) is 0 Å². The first-order valence-corrected chi connectivity index (χ1v) is 5.62. The molecule has 0 amide bonds. The van der Waals surface area contributed by atoms with E-state index in [-0.39, 0.29) is 5.75 Å². The molecule has 4 nitrogen and oxygen atoms in total. The summed E-state index contributed by atoms with van der Waals surface area (Å²) in [5, 5.41) is 13.5. The number of rotatable bonds is 4. The number of hydrogen-bond donors (Lipinski definition) is 1. The summed E-state index contributed by atoms with van der Waals surface area (Å²) in [5.74, 6) is 0.0991. The van der Waals surface area contributed by atoms with Gasteiger partial charge in [-0.1, -0.05) is 35.5 Å². The van der Waals surface area contributed by atoms with Gasteiger partial charge in [0.2, 0.25) is 0 Å². The van der Waals surface area contributed by atoms with E-state index in [0.717, 1.165) is 5.56 Å². The quantitative estimate of drug-likeness (QED) is 0.662. The smallest absolute Gasteiger partial charge is 0.143 e. The summed E-state index contributed by atoms with van der Waals surface area (Å²) in [6, 6.07) is 13.0. The molecule has 1 aromatic heterocycles. The Kier molecular flexibility index (Phi) is 3.91. The zero-order valence-corrected chi connectivity index (χ0v) is 10.1. The van der Waals surface area contributed by atoms with Crippen molar-refractivity contribution in [2.45, 2.75) is 13.5 Å². The lowest BCUT2D eigenvalue weighted by atomic mass is 10.2.